The lowest BCUT2D eigenvalue weighted by Gasteiger charge is -2.28. The first-order valence-corrected chi connectivity index (χ1v) is 8.37. The molecule has 6 nitrogen and oxygen atoms in total. The third-order valence-electron chi connectivity index (χ3n) is 4.95. The van der Waals surface area contributed by atoms with E-state index in [0.29, 0.717) is 31.1 Å². The van der Waals surface area contributed by atoms with Gasteiger partial charge in [0.15, 0.2) is 5.82 Å². The van der Waals surface area contributed by atoms with Crippen LogP contribution >= 0.6 is 0 Å². The predicted octanol–water partition coefficient (Wildman–Crippen LogP) is 1.71. The molecule has 1 aromatic heterocycles. The van der Waals surface area contributed by atoms with Crippen LogP contribution in [0.3, 0.4) is 0 Å². The maximum absolute atomic E-state index is 13.1. The Kier molecular flexibility index (Phi) is 3.70. The lowest BCUT2D eigenvalue weighted by atomic mass is 10.1. The Balaban J connectivity index is 1.60. The van der Waals surface area contributed by atoms with Crippen LogP contribution in [0.4, 0.5) is 4.39 Å². The standard InChI is InChI=1S/C17H19FN4O2/c18-13-5-7-14(8-6-13)22-17(24)21-10-9-20(11-15(21)19-22)16(23)12-3-1-2-4-12/h5-8,12H,1-4,9-11H2. The van der Waals surface area contributed by atoms with Gasteiger partial charge in [0.1, 0.15) is 5.82 Å². The summed E-state index contributed by atoms with van der Waals surface area (Å²) < 4.78 is 15.9. The van der Waals surface area contributed by atoms with Crippen LogP contribution in [0.1, 0.15) is 31.5 Å². The lowest BCUT2D eigenvalue weighted by molar-refractivity contribution is -0.136. The topological polar surface area (TPSA) is 60.1 Å². The number of fused-ring (bicyclic) bond motifs is 1. The summed E-state index contributed by atoms with van der Waals surface area (Å²) in [5, 5.41) is 4.36. The normalized spacial score (nSPS) is 18.0. The van der Waals surface area contributed by atoms with Crippen molar-refractivity contribution < 1.29 is 9.18 Å². The molecule has 0 N–H and O–H groups in total. The number of hydrogen-bond donors (Lipinski definition) is 0. The lowest BCUT2D eigenvalue weighted by Crippen LogP contribution is -2.43. The molecule has 0 radical (unpaired) electrons. The number of nitrogens with zero attached hydrogens (tertiary/aromatic N) is 4. The minimum absolute atomic E-state index is 0.127. The second-order valence-corrected chi connectivity index (χ2v) is 6.48. The SMILES string of the molecule is O=C(C1CCCC1)N1CCn2c(nn(-c3ccc(F)cc3)c2=O)C1. The molecular formula is C17H19FN4O2. The Labute approximate surface area is 138 Å². The highest BCUT2D eigenvalue weighted by Crippen LogP contribution is 2.27. The molecule has 1 aliphatic heterocycles. The van der Waals surface area contributed by atoms with Crippen LogP contribution in [0.5, 0.6) is 0 Å². The first-order valence-electron chi connectivity index (χ1n) is 8.37. The summed E-state index contributed by atoms with van der Waals surface area (Å²) in [6, 6.07) is 5.65. The van der Waals surface area contributed by atoms with Gasteiger partial charge in [0.05, 0.1) is 12.2 Å². The van der Waals surface area contributed by atoms with E-state index in [1.54, 1.807) is 4.57 Å². The minimum Gasteiger partial charge on any atom is -0.333 e. The molecule has 7 heteroatoms. The average Bonchev–Trinajstić information content (AvgIpc) is 3.23. The number of aromatic nitrogens is 3. The van der Waals surface area contributed by atoms with E-state index in [9.17, 15) is 14.0 Å². The zero-order valence-corrected chi connectivity index (χ0v) is 13.3. The molecule has 4 rings (SSSR count). The molecule has 1 aliphatic carbocycles. The summed E-state index contributed by atoms with van der Waals surface area (Å²) in [6.07, 6.45) is 4.17. The maximum Gasteiger partial charge on any atom is 0.350 e. The number of benzene rings is 1. The molecule has 0 bridgehead atoms. The maximum atomic E-state index is 13.1. The number of rotatable bonds is 2. The van der Waals surface area contributed by atoms with Crippen LogP contribution in [0, 0.1) is 11.7 Å². The van der Waals surface area contributed by atoms with Crippen LogP contribution in [0.25, 0.3) is 5.69 Å². The summed E-state index contributed by atoms with van der Waals surface area (Å²) >= 11 is 0. The molecule has 0 atom stereocenters. The highest BCUT2D eigenvalue weighted by molar-refractivity contribution is 5.79. The Morgan fingerprint density at radius 1 is 1.12 bits per heavy atom. The van der Waals surface area contributed by atoms with Crippen LogP contribution in [-0.2, 0) is 17.9 Å². The third kappa shape index (κ3) is 2.53. The second-order valence-electron chi connectivity index (χ2n) is 6.48. The van der Waals surface area contributed by atoms with Crippen molar-refractivity contribution >= 4 is 5.91 Å². The van der Waals surface area contributed by atoms with Gasteiger partial charge in [-0.25, -0.2) is 9.18 Å². The van der Waals surface area contributed by atoms with Gasteiger partial charge < -0.3 is 4.90 Å². The fourth-order valence-corrected chi connectivity index (χ4v) is 3.62. The van der Waals surface area contributed by atoms with Gasteiger partial charge in [0, 0.05) is 19.0 Å². The Morgan fingerprint density at radius 3 is 2.54 bits per heavy atom. The molecule has 0 saturated heterocycles. The molecular weight excluding hydrogens is 311 g/mol. The van der Waals surface area contributed by atoms with Gasteiger partial charge in [-0.2, -0.15) is 4.68 Å². The van der Waals surface area contributed by atoms with Crippen molar-refractivity contribution in [3.63, 3.8) is 0 Å². The Bertz CT molecular complexity index is 818. The molecule has 1 fully saturated rings. The average molecular weight is 330 g/mol. The zero-order valence-electron chi connectivity index (χ0n) is 13.3. The second kappa shape index (κ2) is 5.89. The Hall–Kier alpha value is -2.44. The van der Waals surface area contributed by atoms with Gasteiger partial charge in [-0.05, 0) is 37.1 Å². The van der Waals surface area contributed by atoms with Crippen LogP contribution in [0.15, 0.2) is 29.1 Å². The van der Waals surface area contributed by atoms with Gasteiger partial charge in [0.2, 0.25) is 5.91 Å². The van der Waals surface area contributed by atoms with Crippen molar-refractivity contribution in [2.75, 3.05) is 6.54 Å². The summed E-state index contributed by atoms with van der Waals surface area (Å²) in [7, 11) is 0. The minimum atomic E-state index is -0.357. The van der Waals surface area contributed by atoms with Gasteiger partial charge in [-0.1, -0.05) is 12.8 Å². The molecule has 0 spiro atoms. The van der Waals surface area contributed by atoms with Crippen molar-refractivity contribution in [1.82, 2.24) is 19.2 Å². The molecule has 1 aromatic carbocycles. The van der Waals surface area contributed by atoms with Gasteiger partial charge >= 0.3 is 5.69 Å². The van der Waals surface area contributed by atoms with Gasteiger partial charge in [-0.15, -0.1) is 5.10 Å². The van der Waals surface area contributed by atoms with E-state index in [1.807, 2.05) is 4.90 Å². The van der Waals surface area contributed by atoms with E-state index >= 15 is 0 Å². The third-order valence-corrected chi connectivity index (χ3v) is 4.95. The smallest absolute Gasteiger partial charge is 0.333 e. The van der Waals surface area contributed by atoms with Crippen LogP contribution in [0.2, 0.25) is 0 Å². The molecule has 1 amide bonds. The van der Waals surface area contributed by atoms with E-state index in [-0.39, 0.29) is 23.3 Å². The summed E-state index contributed by atoms with van der Waals surface area (Å²) in [5.74, 6) is 0.538. The fraction of sp³-hybridized carbons (Fsp3) is 0.471. The molecule has 126 valence electrons. The van der Waals surface area contributed by atoms with Crippen LogP contribution in [-0.4, -0.2) is 31.7 Å². The van der Waals surface area contributed by atoms with E-state index < -0.39 is 0 Å². The van der Waals surface area contributed by atoms with Gasteiger partial charge in [-0.3, -0.25) is 9.36 Å². The van der Waals surface area contributed by atoms with Crippen molar-refractivity contribution in [2.24, 2.45) is 5.92 Å². The highest BCUT2D eigenvalue weighted by atomic mass is 19.1. The van der Waals surface area contributed by atoms with E-state index in [0.717, 1.165) is 25.7 Å². The number of carbonyl (C=O) groups excluding carboxylic acids is 1. The largest absolute Gasteiger partial charge is 0.350 e. The molecule has 2 aromatic rings. The highest BCUT2D eigenvalue weighted by Gasteiger charge is 2.31. The predicted molar refractivity (Wildman–Crippen MR) is 85.2 cm³/mol. The van der Waals surface area contributed by atoms with Gasteiger partial charge in [0.25, 0.3) is 0 Å². The molecule has 24 heavy (non-hydrogen) atoms. The summed E-state index contributed by atoms with van der Waals surface area (Å²) in [5.41, 5.74) is 0.279. The Morgan fingerprint density at radius 2 is 1.83 bits per heavy atom. The summed E-state index contributed by atoms with van der Waals surface area (Å²) in [6.45, 7) is 1.35. The van der Waals surface area contributed by atoms with Crippen molar-refractivity contribution in [3.05, 3.63) is 46.4 Å². The number of halogens is 1. The van der Waals surface area contributed by atoms with Crippen molar-refractivity contribution in [3.8, 4) is 5.69 Å². The van der Waals surface area contributed by atoms with E-state index in [4.69, 9.17) is 0 Å². The first-order chi connectivity index (χ1) is 11.6. The van der Waals surface area contributed by atoms with E-state index in [1.165, 1.54) is 28.9 Å². The first kappa shape index (κ1) is 15.1. The van der Waals surface area contributed by atoms with Crippen molar-refractivity contribution in [1.29, 1.82) is 0 Å². The number of hydrogen-bond acceptors (Lipinski definition) is 3. The molecule has 0 unspecified atom stereocenters. The van der Waals surface area contributed by atoms with Crippen molar-refractivity contribution in [2.45, 2.75) is 38.8 Å². The van der Waals surface area contributed by atoms with E-state index in [2.05, 4.69) is 5.10 Å². The monoisotopic (exact) mass is 330 g/mol. The zero-order chi connectivity index (χ0) is 16.7. The summed E-state index contributed by atoms with van der Waals surface area (Å²) in [4.78, 5) is 26.9. The molecule has 1 saturated carbocycles. The fourth-order valence-electron chi connectivity index (χ4n) is 3.62. The molecule has 2 aliphatic rings. The number of amides is 1. The molecule has 2 heterocycles. The quantitative estimate of drug-likeness (QED) is 0.842. The van der Waals surface area contributed by atoms with Crippen LogP contribution < -0.4 is 5.69 Å². The number of carbonyl (C=O) groups is 1.